The van der Waals surface area contributed by atoms with Gasteiger partial charge in [-0.3, -0.25) is 0 Å². The minimum absolute atomic E-state index is 0.327. The molecule has 70 valence electrons. The fourth-order valence-corrected chi connectivity index (χ4v) is 1.38. The second kappa shape index (κ2) is 3.19. The van der Waals surface area contributed by atoms with Crippen LogP contribution < -0.4 is 0 Å². The Labute approximate surface area is 74.2 Å². The molecule has 0 saturated carbocycles. The Balaban J connectivity index is 2.58. The lowest BCUT2D eigenvalue weighted by Gasteiger charge is -2.39. The molecule has 12 heavy (non-hydrogen) atoms. The van der Waals surface area contributed by atoms with Crippen LogP contribution in [0, 0.1) is 5.92 Å². The molecule has 0 aromatic rings. The highest BCUT2D eigenvalue weighted by Crippen LogP contribution is 2.30. The lowest BCUT2D eigenvalue weighted by atomic mass is 9.85. The molecule has 0 aliphatic carbocycles. The van der Waals surface area contributed by atoms with Crippen molar-refractivity contribution in [1.82, 2.24) is 0 Å². The molecule has 1 heterocycles. The first-order valence-corrected chi connectivity index (χ1v) is 4.41. The van der Waals surface area contributed by atoms with E-state index in [9.17, 15) is 5.11 Å². The van der Waals surface area contributed by atoms with Crippen LogP contribution in [0.4, 0.5) is 0 Å². The zero-order valence-corrected chi connectivity index (χ0v) is 8.13. The van der Waals surface area contributed by atoms with Gasteiger partial charge < -0.3 is 9.84 Å². The SMILES string of the molecule is C=C(C)[C@H]1COC(C)(C)[C@@H](O)C1. The zero-order chi connectivity index (χ0) is 9.35. The van der Waals surface area contributed by atoms with Gasteiger partial charge in [0.25, 0.3) is 0 Å². The molecular weight excluding hydrogens is 152 g/mol. The summed E-state index contributed by atoms with van der Waals surface area (Å²) in [6.45, 7) is 10.4. The summed E-state index contributed by atoms with van der Waals surface area (Å²) in [7, 11) is 0. The van der Waals surface area contributed by atoms with Crippen molar-refractivity contribution in [3.05, 3.63) is 12.2 Å². The van der Waals surface area contributed by atoms with Crippen LogP contribution in [0.2, 0.25) is 0 Å². The molecule has 1 aliphatic heterocycles. The number of rotatable bonds is 1. The molecule has 2 atom stereocenters. The van der Waals surface area contributed by atoms with Gasteiger partial charge in [-0.15, -0.1) is 0 Å². The van der Waals surface area contributed by atoms with E-state index in [1.165, 1.54) is 0 Å². The van der Waals surface area contributed by atoms with Gasteiger partial charge in [-0.1, -0.05) is 12.2 Å². The maximum Gasteiger partial charge on any atom is 0.0884 e. The third-order valence-electron chi connectivity index (χ3n) is 2.66. The zero-order valence-electron chi connectivity index (χ0n) is 8.13. The van der Waals surface area contributed by atoms with E-state index in [0.717, 1.165) is 12.0 Å². The molecule has 2 nitrogen and oxygen atoms in total. The highest BCUT2D eigenvalue weighted by atomic mass is 16.5. The Bertz CT molecular complexity index is 184. The molecule has 0 amide bonds. The predicted octanol–water partition coefficient (Wildman–Crippen LogP) is 1.74. The maximum absolute atomic E-state index is 9.69. The van der Waals surface area contributed by atoms with Crippen LogP contribution in [-0.4, -0.2) is 23.4 Å². The monoisotopic (exact) mass is 170 g/mol. The van der Waals surface area contributed by atoms with Crippen LogP contribution >= 0.6 is 0 Å². The van der Waals surface area contributed by atoms with Gasteiger partial charge in [0.05, 0.1) is 18.3 Å². The average Bonchev–Trinajstić information content (AvgIpc) is 1.94. The molecule has 0 aromatic heterocycles. The fourth-order valence-electron chi connectivity index (χ4n) is 1.38. The van der Waals surface area contributed by atoms with E-state index < -0.39 is 0 Å². The largest absolute Gasteiger partial charge is 0.390 e. The summed E-state index contributed by atoms with van der Waals surface area (Å²) in [6, 6.07) is 0. The number of aliphatic hydroxyl groups is 1. The first-order chi connectivity index (χ1) is 5.43. The smallest absolute Gasteiger partial charge is 0.0884 e. The van der Waals surface area contributed by atoms with Gasteiger partial charge >= 0.3 is 0 Å². The van der Waals surface area contributed by atoms with Gasteiger partial charge in [-0.2, -0.15) is 0 Å². The van der Waals surface area contributed by atoms with Crippen molar-refractivity contribution in [2.45, 2.75) is 38.9 Å². The number of aliphatic hydroxyl groups excluding tert-OH is 1. The molecule has 1 saturated heterocycles. The van der Waals surface area contributed by atoms with Crippen LogP contribution in [0.5, 0.6) is 0 Å². The summed E-state index contributed by atoms with van der Waals surface area (Å²) in [5.74, 6) is 0.327. The quantitative estimate of drug-likeness (QED) is 0.607. The van der Waals surface area contributed by atoms with Crippen LogP contribution in [-0.2, 0) is 4.74 Å². The molecule has 0 radical (unpaired) electrons. The van der Waals surface area contributed by atoms with Gasteiger partial charge in [0.15, 0.2) is 0 Å². The lowest BCUT2D eigenvalue weighted by molar-refractivity contribution is -0.146. The van der Waals surface area contributed by atoms with E-state index in [0.29, 0.717) is 12.5 Å². The summed E-state index contributed by atoms with van der Waals surface area (Å²) in [5.41, 5.74) is 0.718. The number of hydrogen-bond donors (Lipinski definition) is 1. The van der Waals surface area contributed by atoms with Crippen LogP contribution in [0.1, 0.15) is 27.2 Å². The van der Waals surface area contributed by atoms with E-state index in [1.807, 2.05) is 20.8 Å². The van der Waals surface area contributed by atoms with E-state index in [2.05, 4.69) is 6.58 Å². The second-order valence-corrected chi connectivity index (χ2v) is 4.21. The second-order valence-electron chi connectivity index (χ2n) is 4.21. The summed E-state index contributed by atoms with van der Waals surface area (Å²) in [5, 5.41) is 9.69. The Morgan fingerprint density at radius 1 is 1.58 bits per heavy atom. The van der Waals surface area contributed by atoms with Gasteiger partial charge in [0, 0.05) is 5.92 Å². The topological polar surface area (TPSA) is 29.5 Å². The van der Waals surface area contributed by atoms with Crippen molar-refractivity contribution < 1.29 is 9.84 Å². The average molecular weight is 170 g/mol. The molecule has 1 N–H and O–H groups in total. The van der Waals surface area contributed by atoms with Crippen molar-refractivity contribution in [3.63, 3.8) is 0 Å². The van der Waals surface area contributed by atoms with Gasteiger partial charge in [-0.05, 0) is 27.2 Å². The van der Waals surface area contributed by atoms with Crippen molar-refractivity contribution in [2.75, 3.05) is 6.61 Å². The Morgan fingerprint density at radius 2 is 2.17 bits per heavy atom. The van der Waals surface area contributed by atoms with E-state index in [4.69, 9.17) is 4.74 Å². The Kier molecular flexibility index (Phi) is 2.59. The Hall–Kier alpha value is -0.340. The summed E-state index contributed by atoms with van der Waals surface area (Å²) in [6.07, 6.45) is 0.412. The summed E-state index contributed by atoms with van der Waals surface area (Å²) >= 11 is 0. The maximum atomic E-state index is 9.69. The molecule has 0 unspecified atom stereocenters. The summed E-state index contributed by atoms with van der Waals surface area (Å²) in [4.78, 5) is 0. The van der Waals surface area contributed by atoms with E-state index in [1.54, 1.807) is 0 Å². The number of hydrogen-bond acceptors (Lipinski definition) is 2. The number of ether oxygens (including phenoxy) is 1. The predicted molar refractivity (Wildman–Crippen MR) is 49.0 cm³/mol. The van der Waals surface area contributed by atoms with Gasteiger partial charge in [-0.25, -0.2) is 0 Å². The molecule has 1 rings (SSSR count). The minimum atomic E-state index is -0.383. The molecule has 1 fully saturated rings. The fraction of sp³-hybridized carbons (Fsp3) is 0.800. The van der Waals surface area contributed by atoms with Gasteiger partial charge in [0.2, 0.25) is 0 Å². The van der Waals surface area contributed by atoms with Crippen LogP contribution in [0.3, 0.4) is 0 Å². The molecular formula is C10H18O2. The van der Waals surface area contributed by atoms with Crippen LogP contribution in [0.25, 0.3) is 0 Å². The molecule has 0 spiro atoms. The highest BCUT2D eigenvalue weighted by molar-refractivity contribution is 5.01. The van der Waals surface area contributed by atoms with E-state index >= 15 is 0 Å². The normalized spacial score (nSPS) is 34.7. The van der Waals surface area contributed by atoms with Crippen molar-refractivity contribution in [3.8, 4) is 0 Å². The molecule has 0 bridgehead atoms. The first kappa shape index (κ1) is 9.75. The Morgan fingerprint density at radius 3 is 2.58 bits per heavy atom. The third kappa shape index (κ3) is 1.87. The summed E-state index contributed by atoms with van der Waals surface area (Å²) < 4.78 is 5.54. The van der Waals surface area contributed by atoms with Crippen molar-refractivity contribution in [1.29, 1.82) is 0 Å². The van der Waals surface area contributed by atoms with E-state index in [-0.39, 0.29) is 11.7 Å². The van der Waals surface area contributed by atoms with Crippen molar-refractivity contribution in [2.24, 2.45) is 5.92 Å². The van der Waals surface area contributed by atoms with Gasteiger partial charge in [0.1, 0.15) is 0 Å². The lowest BCUT2D eigenvalue weighted by Crippen LogP contribution is -2.46. The standard InChI is InChI=1S/C10H18O2/c1-7(2)8-5-9(11)10(3,4)12-6-8/h8-9,11H,1,5-6H2,2-4H3/t8-,9+/m1/s1. The minimum Gasteiger partial charge on any atom is -0.390 e. The third-order valence-corrected chi connectivity index (χ3v) is 2.66. The molecule has 1 aliphatic rings. The van der Waals surface area contributed by atoms with Crippen LogP contribution in [0.15, 0.2) is 12.2 Å². The highest BCUT2D eigenvalue weighted by Gasteiger charge is 2.36. The molecule has 2 heteroatoms. The first-order valence-electron chi connectivity index (χ1n) is 4.41. The van der Waals surface area contributed by atoms with Crippen molar-refractivity contribution >= 4 is 0 Å². The molecule has 0 aromatic carbocycles.